The molecule has 4 rings (SSSR count). The Balaban J connectivity index is 1.62. The lowest BCUT2D eigenvalue weighted by molar-refractivity contribution is -0.150. The smallest absolute Gasteiger partial charge is 0.305 e. The molecule has 8 heteroatoms. The summed E-state index contributed by atoms with van der Waals surface area (Å²) in [7, 11) is 0. The van der Waals surface area contributed by atoms with Crippen LogP contribution in [0.1, 0.15) is 84.5 Å². The molecule has 2 atom stereocenters. The molecule has 2 fully saturated rings. The second kappa shape index (κ2) is 12.9. The van der Waals surface area contributed by atoms with Crippen LogP contribution in [0.2, 0.25) is 0 Å². The first-order valence-electron chi connectivity index (χ1n) is 14.0. The van der Waals surface area contributed by atoms with Crippen LogP contribution in [0, 0.1) is 19.8 Å². The largest absolute Gasteiger partial charge is 0.481 e. The van der Waals surface area contributed by atoms with Crippen molar-refractivity contribution < 1.29 is 24.3 Å². The van der Waals surface area contributed by atoms with E-state index < -0.39 is 24.1 Å². The molecule has 2 N–H and O–H groups in total. The van der Waals surface area contributed by atoms with E-state index >= 15 is 0 Å². The van der Waals surface area contributed by atoms with Gasteiger partial charge >= 0.3 is 5.97 Å². The summed E-state index contributed by atoms with van der Waals surface area (Å²) in [6.45, 7) is 4.53. The van der Waals surface area contributed by atoms with E-state index in [9.17, 15) is 24.3 Å². The van der Waals surface area contributed by atoms with Gasteiger partial charge in [-0.2, -0.15) is 0 Å². The van der Waals surface area contributed by atoms with Crippen LogP contribution in [-0.2, 0) is 14.4 Å². The third kappa shape index (κ3) is 7.25. The molecule has 1 saturated heterocycles. The van der Waals surface area contributed by atoms with Gasteiger partial charge in [-0.1, -0.05) is 73.2 Å². The van der Waals surface area contributed by atoms with Gasteiger partial charge in [-0.05, 0) is 50.3 Å². The van der Waals surface area contributed by atoms with Gasteiger partial charge in [0.25, 0.3) is 11.8 Å². The number of aliphatic carboxylic acids is 1. The van der Waals surface area contributed by atoms with E-state index in [4.69, 9.17) is 0 Å². The number of hydrogen-bond donors (Lipinski definition) is 2. The molecule has 208 valence electrons. The summed E-state index contributed by atoms with van der Waals surface area (Å²) in [4.78, 5) is 55.8. The second-order valence-electron chi connectivity index (χ2n) is 10.9. The van der Waals surface area contributed by atoms with Crippen LogP contribution in [0.5, 0.6) is 0 Å². The van der Waals surface area contributed by atoms with Gasteiger partial charge in [0.15, 0.2) is 6.17 Å². The van der Waals surface area contributed by atoms with E-state index in [1.165, 1.54) is 22.6 Å². The number of amides is 3. The molecule has 2 aromatic carbocycles. The van der Waals surface area contributed by atoms with Crippen molar-refractivity contribution in [3.63, 3.8) is 0 Å². The maximum absolute atomic E-state index is 13.9. The molecule has 8 nitrogen and oxygen atoms in total. The molecule has 1 aliphatic carbocycles. The van der Waals surface area contributed by atoms with Crippen LogP contribution in [0.3, 0.4) is 0 Å². The molecule has 1 saturated carbocycles. The first-order chi connectivity index (χ1) is 18.7. The Labute approximate surface area is 230 Å². The van der Waals surface area contributed by atoms with E-state index in [-0.39, 0.29) is 18.2 Å². The first-order valence-corrected chi connectivity index (χ1v) is 14.0. The monoisotopic (exact) mass is 533 g/mol. The summed E-state index contributed by atoms with van der Waals surface area (Å²) in [6, 6.07) is 13.7. The Morgan fingerprint density at radius 2 is 1.62 bits per heavy atom. The molecule has 3 amide bonds. The molecule has 39 heavy (non-hydrogen) atoms. The van der Waals surface area contributed by atoms with Crippen LogP contribution in [0.4, 0.5) is 0 Å². The quantitative estimate of drug-likeness (QED) is 0.490. The van der Waals surface area contributed by atoms with Gasteiger partial charge in [0.2, 0.25) is 5.91 Å². The van der Waals surface area contributed by atoms with E-state index in [2.05, 4.69) is 5.32 Å². The topological polar surface area (TPSA) is 107 Å². The van der Waals surface area contributed by atoms with Gasteiger partial charge in [0.05, 0.1) is 12.5 Å². The summed E-state index contributed by atoms with van der Waals surface area (Å²) < 4.78 is 0. The van der Waals surface area contributed by atoms with Crippen LogP contribution >= 0.6 is 0 Å². The molecular weight excluding hydrogens is 494 g/mol. The predicted octanol–water partition coefficient (Wildman–Crippen LogP) is 4.61. The number of aryl methyl sites for hydroxylation is 2. The Hall–Kier alpha value is -3.68. The number of nitrogens with zero attached hydrogens (tertiary/aromatic N) is 2. The fourth-order valence-corrected chi connectivity index (χ4v) is 5.77. The number of carbonyl (C=O) groups excluding carboxylic acids is 3. The van der Waals surface area contributed by atoms with Crippen molar-refractivity contribution in [1.82, 2.24) is 15.1 Å². The summed E-state index contributed by atoms with van der Waals surface area (Å²) in [5.74, 6) is -1.54. The third-order valence-electron chi connectivity index (χ3n) is 7.88. The second-order valence-corrected chi connectivity index (χ2v) is 10.9. The number of carbonyl (C=O) groups is 4. The zero-order valence-corrected chi connectivity index (χ0v) is 22.9. The van der Waals surface area contributed by atoms with Crippen molar-refractivity contribution in [3.8, 4) is 0 Å². The summed E-state index contributed by atoms with van der Waals surface area (Å²) in [6.07, 6.45) is 4.84. The maximum atomic E-state index is 13.9. The lowest BCUT2D eigenvalue weighted by Gasteiger charge is -2.43. The highest BCUT2D eigenvalue weighted by Crippen LogP contribution is 2.30. The Morgan fingerprint density at radius 1 is 0.923 bits per heavy atom. The zero-order chi connectivity index (χ0) is 27.9. The van der Waals surface area contributed by atoms with Gasteiger partial charge < -0.3 is 20.2 Å². The number of carboxylic acid groups (broad SMARTS) is 1. The summed E-state index contributed by atoms with van der Waals surface area (Å²) in [5, 5.41) is 12.5. The standard InChI is InChI=1S/C31H39N3O5/c1-21-11-14-24(15-12-21)31(39)34-18-6-17-33(27(35)16-13-23-8-3-4-9-23)30(34)29(38)32-26(20-28(36)37)25-10-5-7-22(2)19-25/h5,7,10-12,14-15,19,23,26,30H,3-4,6,8-9,13,16-18,20H2,1-2H3,(H,32,38)(H,36,37). The highest BCUT2D eigenvalue weighted by atomic mass is 16.4. The maximum Gasteiger partial charge on any atom is 0.305 e. The van der Waals surface area contributed by atoms with Crippen molar-refractivity contribution in [1.29, 1.82) is 0 Å². The van der Waals surface area contributed by atoms with E-state index in [1.807, 2.05) is 44.2 Å². The molecule has 0 bridgehead atoms. The molecule has 1 heterocycles. The minimum absolute atomic E-state index is 0.145. The van der Waals surface area contributed by atoms with Gasteiger partial charge in [0.1, 0.15) is 0 Å². The van der Waals surface area contributed by atoms with Crippen molar-refractivity contribution in [2.45, 2.75) is 77.4 Å². The fraction of sp³-hybridized carbons (Fsp3) is 0.484. The first kappa shape index (κ1) is 28.3. The Morgan fingerprint density at radius 3 is 2.28 bits per heavy atom. The molecule has 2 unspecified atom stereocenters. The zero-order valence-electron chi connectivity index (χ0n) is 22.9. The Kier molecular flexibility index (Phi) is 9.38. The van der Waals surface area contributed by atoms with Crippen molar-refractivity contribution in [2.24, 2.45) is 5.92 Å². The number of carboxylic acids is 1. The van der Waals surface area contributed by atoms with E-state index in [1.54, 1.807) is 18.2 Å². The van der Waals surface area contributed by atoms with E-state index in [0.29, 0.717) is 43.0 Å². The lowest BCUT2D eigenvalue weighted by atomic mass is 10.00. The highest BCUT2D eigenvalue weighted by Gasteiger charge is 2.41. The molecule has 2 aromatic rings. The fourth-order valence-electron chi connectivity index (χ4n) is 5.77. The molecule has 2 aliphatic rings. The number of benzene rings is 2. The number of nitrogens with one attached hydrogen (secondary N) is 1. The predicted molar refractivity (Wildman–Crippen MR) is 148 cm³/mol. The van der Waals surface area contributed by atoms with Crippen molar-refractivity contribution >= 4 is 23.7 Å². The minimum Gasteiger partial charge on any atom is -0.481 e. The molecular formula is C31H39N3O5. The summed E-state index contributed by atoms with van der Waals surface area (Å²) >= 11 is 0. The minimum atomic E-state index is -1.15. The SMILES string of the molecule is Cc1ccc(C(=O)N2CCCN(C(=O)CCC3CCCC3)C2C(=O)NC(CC(=O)O)c2cccc(C)c2)cc1. The molecule has 0 spiro atoms. The van der Waals surface area contributed by atoms with Crippen LogP contribution in [0.25, 0.3) is 0 Å². The molecule has 0 aromatic heterocycles. The van der Waals surface area contributed by atoms with Gasteiger partial charge in [-0.3, -0.25) is 19.2 Å². The molecule has 0 radical (unpaired) electrons. The normalized spacial score (nSPS) is 18.6. The third-order valence-corrected chi connectivity index (χ3v) is 7.88. The van der Waals surface area contributed by atoms with Crippen LogP contribution in [0.15, 0.2) is 48.5 Å². The van der Waals surface area contributed by atoms with Crippen LogP contribution < -0.4 is 5.32 Å². The summed E-state index contributed by atoms with van der Waals surface area (Å²) in [5.41, 5.74) is 3.06. The lowest BCUT2D eigenvalue weighted by Crippen LogP contribution is -2.63. The van der Waals surface area contributed by atoms with Crippen molar-refractivity contribution in [3.05, 3.63) is 70.8 Å². The van der Waals surface area contributed by atoms with Gasteiger partial charge in [-0.25, -0.2) is 0 Å². The Bertz CT molecular complexity index is 1190. The number of rotatable bonds is 9. The van der Waals surface area contributed by atoms with Crippen LogP contribution in [-0.4, -0.2) is 57.9 Å². The van der Waals surface area contributed by atoms with Gasteiger partial charge in [-0.15, -0.1) is 0 Å². The van der Waals surface area contributed by atoms with E-state index in [0.717, 1.165) is 30.4 Å². The molecule has 1 aliphatic heterocycles. The average Bonchev–Trinajstić information content (AvgIpc) is 3.44. The van der Waals surface area contributed by atoms with Gasteiger partial charge in [0, 0.05) is 25.1 Å². The number of hydrogen-bond acceptors (Lipinski definition) is 4. The van der Waals surface area contributed by atoms with Crippen molar-refractivity contribution in [2.75, 3.05) is 13.1 Å². The highest BCUT2D eigenvalue weighted by molar-refractivity contribution is 5.99. The average molecular weight is 534 g/mol.